The molecule has 1 fully saturated rings. The quantitative estimate of drug-likeness (QED) is 0.534. The highest BCUT2D eigenvalue weighted by molar-refractivity contribution is 5.88. The number of carbonyl (C=O) groups is 3. The minimum atomic E-state index is -1.21. The van der Waals surface area contributed by atoms with Gasteiger partial charge in [-0.25, -0.2) is 9.59 Å². The Labute approximate surface area is 98.7 Å². The number of nitrogens with one attached hydrogen (secondary N) is 2. The summed E-state index contributed by atoms with van der Waals surface area (Å²) in [6.07, 6.45) is 3.32. The monoisotopic (exact) mass is 243 g/mol. The first-order valence-corrected chi connectivity index (χ1v) is 5.54. The number of amides is 3. The van der Waals surface area contributed by atoms with Crippen LogP contribution in [0, 0.1) is 0 Å². The molecular formula is C10H17N3O4. The Morgan fingerprint density at radius 1 is 1.18 bits per heavy atom. The van der Waals surface area contributed by atoms with Gasteiger partial charge < -0.3 is 21.5 Å². The van der Waals surface area contributed by atoms with Gasteiger partial charge in [-0.2, -0.15) is 0 Å². The largest absolute Gasteiger partial charge is 0.480 e. The molecule has 1 aliphatic rings. The zero-order valence-corrected chi connectivity index (χ0v) is 9.49. The van der Waals surface area contributed by atoms with Crippen molar-refractivity contribution in [3.8, 4) is 0 Å². The lowest BCUT2D eigenvalue weighted by Crippen LogP contribution is -2.58. The van der Waals surface area contributed by atoms with Gasteiger partial charge in [0.15, 0.2) is 0 Å². The number of carbonyl (C=O) groups excluding carboxylic acids is 2. The van der Waals surface area contributed by atoms with Crippen LogP contribution in [0.25, 0.3) is 0 Å². The minimum Gasteiger partial charge on any atom is -0.480 e. The summed E-state index contributed by atoms with van der Waals surface area (Å²) < 4.78 is 0. The number of aliphatic carboxylic acids is 1. The average molecular weight is 243 g/mol. The van der Waals surface area contributed by atoms with E-state index in [2.05, 4.69) is 10.6 Å². The van der Waals surface area contributed by atoms with Crippen molar-refractivity contribution in [3.63, 3.8) is 0 Å². The van der Waals surface area contributed by atoms with Crippen molar-refractivity contribution in [2.24, 2.45) is 5.73 Å². The molecule has 1 rings (SSSR count). The average Bonchev–Trinajstić information content (AvgIpc) is 2.27. The molecule has 7 heteroatoms. The third kappa shape index (κ3) is 3.61. The van der Waals surface area contributed by atoms with E-state index in [1.54, 1.807) is 0 Å². The van der Waals surface area contributed by atoms with E-state index in [0.717, 1.165) is 19.3 Å². The van der Waals surface area contributed by atoms with Crippen molar-refractivity contribution >= 4 is 17.9 Å². The fourth-order valence-electron chi connectivity index (χ4n) is 1.98. The van der Waals surface area contributed by atoms with Crippen LogP contribution in [0.2, 0.25) is 0 Å². The van der Waals surface area contributed by atoms with E-state index in [1.807, 2.05) is 0 Å². The fourth-order valence-corrected chi connectivity index (χ4v) is 1.98. The molecule has 0 spiro atoms. The first-order valence-electron chi connectivity index (χ1n) is 5.54. The van der Waals surface area contributed by atoms with Gasteiger partial charge in [0.05, 0.1) is 6.54 Å². The number of nitrogens with two attached hydrogens (primary N) is 1. The molecule has 96 valence electrons. The van der Waals surface area contributed by atoms with Gasteiger partial charge in [-0.05, 0) is 12.8 Å². The summed E-state index contributed by atoms with van der Waals surface area (Å²) in [6.45, 7) is -0.304. The SMILES string of the molecule is NC(=O)CNC(=O)NC1(C(=O)O)CCCCC1. The Bertz CT molecular complexity index is 324. The molecule has 7 nitrogen and oxygen atoms in total. The van der Waals surface area contributed by atoms with Crippen molar-refractivity contribution in [1.82, 2.24) is 10.6 Å². The Hall–Kier alpha value is -1.79. The van der Waals surface area contributed by atoms with E-state index >= 15 is 0 Å². The highest BCUT2D eigenvalue weighted by Crippen LogP contribution is 2.28. The van der Waals surface area contributed by atoms with E-state index in [0.29, 0.717) is 12.8 Å². The van der Waals surface area contributed by atoms with E-state index < -0.39 is 23.4 Å². The molecule has 1 saturated carbocycles. The molecule has 0 radical (unpaired) electrons. The highest BCUT2D eigenvalue weighted by Gasteiger charge is 2.40. The van der Waals surface area contributed by atoms with Crippen LogP contribution >= 0.6 is 0 Å². The number of carboxylic acids is 1. The molecule has 0 aromatic carbocycles. The molecule has 17 heavy (non-hydrogen) atoms. The standard InChI is InChI=1S/C10H17N3O4/c11-7(14)6-12-9(17)13-10(8(15)16)4-2-1-3-5-10/h1-6H2,(H2,11,14)(H,15,16)(H2,12,13,17). The third-order valence-electron chi connectivity index (χ3n) is 2.89. The Kier molecular flexibility index (Phi) is 4.30. The molecule has 0 aromatic rings. The van der Waals surface area contributed by atoms with Gasteiger partial charge in [0.1, 0.15) is 5.54 Å². The molecule has 0 aromatic heterocycles. The second kappa shape index (κ2) is 5.51. The molecular weight excluding hydrogens is 226 g/mol. The number of primary amides is 1. The van der Waals surface area contributed by atoms with E-state index in [4.69, 9.17) is 5.73 Å². The van der Waals surface area contributed by atoms with Crippen molar-refractivity contribution in [3.05, 3.63) is 0 Å². The number of rotatable bonds is 4. The number of hydrogen-bond donors (Lipinski definition) is 4. The molecule has 0 heterocycles. The zero-order chi connectivity index (χ0) is 12.9. The van der Waals surface area contributed by atoms with Crippen LogP contribution in [0.15, 0.2) is 0 Å². The predicted molar refractivity (Wildman–Crippen MR) is 59.2 cm³/mol. The molecule has 0 saturated heterocycles. The molecule has 1 aliphatic carbocycles. The van der Waals surface area contributed by atoms with Crippen LogP contribution in [-0.4, -0.2) is 35.1 Å². The lowest BCUT2D eigenvalue weighted by atomic mass is 9.82. The van der Waals surface area contributed by atoms with E-state index in [9.17, 15) is 19.5 Å². The topological polar surface area (TPSA) is 122 Å². The van der Waals surface area contributed by atoms with Gasteiger partial charge in [0, 0.05) is 0 Å². The number of urea groups is 1. The van der Waals surface area contributed by atoms with Crippen LogP contribution in [0.5, 0.6) is 0 Å². The van der Waals surface area contributed by atoms with Gasteiger partial charge in [-0.1, -0.05) is 19.3 Å². The van der Waals surface area contributed by atoms with Crippen molar-refractivity contribution in [2.45, 2.75) is 37.6 Å². The maximum Gasteiger partial charge on any atom is 0.329 e. The second-order valence-corrected chi connectivity index (χ2v) is 4.22. The smallest absolute Gasteiger partial charge is 0.329 e. The van der Waals surface area contributed by atoms with Crippen LogP contribution in [0.1, 0.15) is 32.1 Å². The normalized spacial score (nSPS) is 18.1. The summed E-state index contributed by atoms with van der Waals surface area (Å²) in [5.74, 6) is -1.71. The highest BCUT2D eigenvalue weighted by atomic mass is 16.4. The molecule has 0 atom stereocenters. The summed E-state index contributed by atoms with van der Waals surface area (Å²) in [7, 11) is 0. The summed E-state index contributed by atoms with van der Waals surface area (Å²) in [6, 6.07) is -0.673. The van der Waals surface area contributed by atoms with Crippen LogP contribution in [0.4, 0.5) is 4.79 Å². The van der Waals surface area contributed by atoms with Crippen molar-refractivity contribution in [1.29, 1.82) is 0 Å². The molecule has 5 N–H and O–H groups in total. The molecule has 0 bridgehead atoms. The van der Waals surface area contributed by atoms with Crippen LogP contribution < -0.4 is 16.4 Å². The minimum absolute atomic E-state index is 0.304. The summed E-state index contributed by atoms with van der Waals surface area (Å²) in [5, 5.41) is 13.8. The van der Waals surface area contributed by atoms with Gasteiger partial charge in [0.25, 0.3) is 0 Å². The Balaban J connectivity index is 2.57. The van der Waals surface area contributed by atoms with E-state index in [-0.39, 0.29) is 6.54 Å². The predicted octanol–water partition coefficient (Wildman–Crippen LogP) is -0.442. The zero-order valence-electron chi connectivity index (χ0n) is 9.49. The second-order valence-electron chi connectivity index (χ2n) is 4.22. The maximum absolute atomic E-state index is 11.4. The van der Waals surface area contributed by atoms with Crippen molar-refractivity contribution < 1.29 is 19.5 Å². The van der Waals surface area contributed by atoms with Crippen LogP contribution in [-0.2, 0) is 9.59 Å². The first-order chi connectivity index (χ1) is 7.96. The van der Waals surface area contributed by atoms with Gasteiger partial charge >= 0.3 is 12.0 Å². The fraction of sp³-hybridized carbons (Fsp3) is 0.700. The van der Waals surface area contributed by atoms with Gasteiger partial charge in [-0.15, -0.1) is 0 Å². The summed E-state index contributed by atoms with van der Waals surface area (Å²) >= 11 is 0. The molecule has 0 unspecified atom stereocenters. The van der Waals surface area contributed by atoms with Crippen molar-refractivity contribution in [2.75, 3.05) is 6.54 Å². The summed E-state index contributed by atoms with van der Waals surface area (Å²) in [4.78, 5) is 33.1. The molecule has 0 aliphatic heterocycles. The lowest BCUT2D eigenvalue weighted by Gasteiger charge is -2.33. The maximum atomic E-state index is 11.4. The lowest BCUT2D eigenvalue weighted by molar-refractivity contribution is -0.145. The summed E-state index contributed by atoms with van der Waals surface area (Å²) in [5.41, 5.74) is 3.66. The first kappa shape index (κ1) is 13.3. The van der Waals surface area contributed by atoms with Gasteiger partial charge in [0.2, 0.25) is 5.91 Å². The Morgan fingerprint density at radius 2 is 1.76 bits per heavy atom. The third-order valence-corrected chi connectivity index (χ3v) is 2.89. The molecule has 3 amide bonds. The van der Waals surface area contributed by atoms with E-state index in [1.165, 1.54) is 0 Å². The van der Waals surface area contributed by atoms with Gasteiger partial charge in [-0.3, -0.25) is 4.79 Å². The number of hydrogen-bond acceptors (Lipinski definition) is 3. The number of carboxylic acid groups (broad SMARTS) is 1. The van der Waals surface area contributed by atoms with Crippen LogP contribution in [0.3, 0.4) is 0 Å². The Morgan fingerprint density at radius 3 is 2.24 bits per heavy atom.